The topological polar surface area (TPSA) is 75.4 Å². The summed E-state index contributed by atoms with van der Waals surface area (Å²) in [4.78, 5) is 28.5. The molecule has 184 valence electrons. The van der Waals surface area contributed by atoms with Crippen molar-refractivity contribution in [1.82, 2.24) is 10.2 Å². The van der Waals surface area contributed by atoms with Crippen LogP contribution in [0.25, 0.3) is 11.1 Å². The van der Waals surface area contributed by atoms with Crippen LogP contribution < -0.4 is 11.1 Å². The van der Waals surface area contributed by atoms with Crippen molar-refractivity contribution in [3.05, 3.63) is 60.2 Å². The average Bonchev–Trinajstić information content (AvgIpc) is 3.36. The third-order valence-corrected chi connectivity index (χ3v) is 9.18. The van der Waals surface area contributed by atoms with Crippen molar-refractivity contribution in [2.45, 2.75) is 69.5 Å². The third-order valence-electron chi connectivity index (χ3n) is 9.18. The van der Waals surface area contributed by atoms with E-state index in [1.54, 1.807) is 4.90 Å². The number of carbonyl (C=O) groups excluding carboxylic acids is 2. The van der Waals surface area contributed by atoms with Crippen molar-refractivity contribution in [2.75, 3.05) is 6.54 Å². The van der Waals surface area contributed by atoms with E-state index in [0.717, 1.165) is 41.4 Å². The maximum atomic E-state index is 13.4. The molecule has 3 N–H and O–H groups in total. The Bertz CT molecular complexity index is 1060. The molecule has 4 bridgehead atoms. The fourth-order valence-electron chi connectivity index (χ4n) is 7.79. The second kappa shape index (κ2) is 9.42. The standard InChI is InChI=1S/C30H37N3O2/c31-26(18-19-6-4-9-23(13-19)22-7-2-1-3-8-22)30(35)33-11-5-10-27(33)29(34)32-28-24-14-20-12-21(16-24)17-25(28)15-20/h1-4,6-9,13,20-21,24-28H,5,10-12,14-18,31H2,(H,32,34)/t20?,21?,24?,25?,26?,27-,28?/m1/s1. The molecule has 1 aliphatic heterocycles. The number of nitrogens with two attached hydrogens (primary N) is 1. The zero-order chi connectivity index (χ0) is 23.9. The number of carbonyl (C=O) groups is 2. The summed E-state index contributed by atoms with van der Waals surface area (Å²) in [5.74, 6) is 2.99. The largest absolute Gasteiger partial charge is 0.351 e. The molecule has 5 heteroatoms. The molecule has 0 radical (unpaired) electrons. The maximum Gasteiger partial charge on any atom is 0.243 e. The lowest BCUT2D eigenvalue weighted by atomic mass is 9.54. The highest BCUT2D eigenvalue weighted by atomic mass is 16.2. The van der Waals surface area contributed by atoms with E-state index in [1.165, 1.54) is 32.1 Å². The number of hydrogen-bond acceptors (Lipinski definition) is 3. The molecule has 1 heterocycles. The molecule has 7 rings (SSSR count). The van der Waals surface area contributed by atoms with Gasteiger partial charge in [-0.3, -0.25) is 9.59 Å². The van der Waals surface area contributed by atoms with Gasteiger partial charge in [-0.25, -0.2) is 0 Å². The highest BCUT2D eigenvalue weighted by Gasteiger charge is 2.49. The summed E-state index contributed by atoms with van der Waals surface area (Å²) in [6, 6.07) is 17.8. The van der Waals surface area contributed by atoms with E-state index >= 15 is 0 Å². The summed E-state index contributed by atoms with van der Waals surface area (Å²) in [5, 5.41) is 3.43. The predicted molar refractivity (Wildman–Crippen MR) is 137 cm³/mol. The molecule has 5 aliphatic rings. The van der Waals surface area contributed by atoms with Gasteiger partial charge in [0.15, 0.2) is 0 Å². The van der Waals surface area contributed by atoms with Gasteiger partial charge in [0.2, 0.25) is 11.8 Å². The molecule has 2 aromatic rings. The molecule has 35 heavy (non-hydrogen) atoms. The molecular formula is C30H37N3O2. The molecule has 1 saturated heterocycles. The smallest absolute Gasteiger partial charge is 0.243 e. The Hall–Kier alpha value is -2.66. The number of rotatable bonds is 6. The van der Waals surface area contributed by atoms with Crippen molar-refractivity contribution in [2.24, 2.45) is 29.4 Å². The van der Waals surface area contributed by atoms with Crippen LogP contribution in [-0.4, -0.2) is 41.4 Å². The van der Waals surface area contributed by atoms with E-state index < -0.39 is 6.04 Å². The van der Waals surface area contributed by atoms with E-state index in [9.17, 15) is 9.59 Å². The van der Waals surface area contributed by atoms with Crippen LogP contribution in [-0.2, 0) is 16.0 Å². The van der Waals surface area contributed by atoms with Gasteiger partial charge in [0, 0.05) is 12.6 Å². The molecule has 1 unspecified atom stereocenters. The van der Waals surface area contributed by atoms with Crippen LogP contribution in [0.2, 0.25) is 0 Å². The molecule has 2 amide bonds. The lowest BCUT2D eigenvalue weighted by Gasteiger charge is -2.54. The monoisotopic (exact) mass is 471 g/mol. The number of amides is 2. The number of hydrogen-bond donors (Lipinski definition) is 2. The first kappa shape index (κ1) is 22.8. The van der Waals surface area contributed by atoms with Crippen LogP contribution in [0.4, 0.5) is 0 Å². The molecule has 4 aliphatic carbocycles. The van der Waals surface area contributed by atoms with Crippen LogP contribution in [0, 0.1) is 23.7 Å². The number of nitrogens with one attached hydrogen (secondary N) is 1. The molecule has 0 aromatic heterocycles. The SMILES string of the molecule is NC(Cc1cccc(-c2ccccc2)c1)C(=O)N1CCC[C@@H]1C(=O)NC1C2CC3CC(C2)CC1C3. The zero-order valence-corrected chi connectivity index (χ0v) is 20.4. The summed E-state index contributed by atoms with van der Waals surface area (Å²) in [6.07, 6.45) is 8.58. The molecule has 0 spiro atoms. The van der Waals surface area contributed by atoms with Gasteiger partial charge in [0.25, 0.3) is 0 Å². The Morgan fingerprint density at radius 3 is 2.31 bits per heavy atom. The third kappa shape index (κ3) is 4.51. The summed E-state index contributed by atoms with van der Waals surface area (Å²) in [6.45, 7) is 0.621. The van der Waals surface area contributed by atoms with Crippen LogP contribution >= 0.6 is 0 Å². The normalized spacial score (nSPS) is 32.0. The van der Waals surface area contributed by atoms with E-state index in [4.69, 9.17) is 5.73 Å². The van der Waals surface area contributed by atoms with Gasteiger partial charge in [-0.1, -0.05) is 54.6 Å². The fourth-order valence-corrected chi connectivity index (χ4v) is 7.79. The van der Waals surface area contributed by atoms with Crippen molar-refractivity contribution >= 4 is 11.8 Å². The second-order valence-electron chi connectivity index (χ2n) is 11.5. The minimum Gasteiger partial charge on any atom is -0.351 e. The number of nitrogens with zero attached hydrogens (tertiary/aromatic N) is 1. The molecule has 5 nitrogen and oxygen atoms in total. The zero-order valence-electron chi connectivity index (χ0n) is 20.4. The first-order chi connectivity index (χ1) is 17.0. The van der Waals surface area contributed by atoms with Crippen LogP contribution in [0.3, 0.4) is 0 Å². The van der Waals surface area contributed by atoms with Gasteiger partial charge >= 0.3 is 0 Å². The Morgan fingerprint density at radius 1 is 0.914 bits per heavy atom. The van der Waals surface area contributed by atoms with E-state index in [2.05, 4.69) is 29.6 Å². The van der Waals surface area contributed by atoms with Gasteiger partial charge in [-0.05, 0) is 91.7 Å². The Labute approximate surface area is 208 Å². The molecule has 2 aromatic carbocycles. The number of benzene rings is 2. The Kier molecular flexibility index (Phi) is 6.13. The fraction of sp³-hybridized carbons (Fsp3) is 0.533. The minimum atomic E-state index is -0.643. The summed E-state index contributed by atoms with van der Waals surface area (Å²) in [5.41, 5.74) is 9.75. The van der Waals surface area contributed by atoms with Gasteiger partial charge in [-0.15, -0.1) is 0 Å². The lowest BCUT2D eigenvalue weighted by Crippen LogP contribution is -2.59. The summed E-state index contributed by atoms with van der Waals surface area (Å²) < 4.78 is 0. The van der Waals surface area contributed by atoms with Crippen molar-refractivity contribution in [1.29, 1.82) is 0 Å². The highest BCUT2D eigenvalue weighted by molar-refractivity contribution is 5.90. The number of likely N-dealkylation sites (tertiary alicyclic amines) is 1. The molecule has 4 saturated carbocycles. The average molecular weight is 472 g/mol. The van der Waals surface area contributed by atoms with E-state index in [1.807, 2.05) is 30.3 Å². The second-order valence-corrected chi connectivity index (χ2v) is 11.5. The molecule has 2 atom stereocenters. The first-order valence-electron chi connectivity index (χ1n) is 13.6. The van der Waals surface area contributed by atoms with Gasteiger partial charge in [-0.2, -0.15) is 0 Å². The van der Waals surface area contributed by atoms with Crippen molar-refractivity contribution < 1.29 is 9.59 Å². The summed E-state index contributed by atoms with van der Waals surface area (Å²) in [7, 11) is 0. The Morgan fingerprint density at radius 2 is 1.60 bits per heavy atom. The maximum absolute atomic E-state index is 13.4. The van der Waals surface area contributed by atoms with Crippen LogP contribution in [0.5, 0.6) is 0 Å². The molecule has 5 fully saturated rings. The van der Waals surface area contributed by atoms with E-state index in [0.29, 0.717) is 30.8 Å². The quantitative estimate of drug-likeness (QED) is 0.664. The van der Waals surface area contributed by atoms with Crippen LogP contribution in [0.15, 0.2) is 54.6 Å². The molecular weight excluding hydrogens is 434 g/mol. The minimum absolute atomic E-state index is 0.0478. The predicted octanol–water partition coefficient (Wildman–Crippen LogP) is 4.16. The Balaban J connectivity index is 1.10. The lowest BCUT2D eigenvalue weighted by molar-refractivity contribution is -0.140. The van der Waals surface area contributed by atoms with Crippen LogP contribution in [0.1, 0.15) is 50.5 Å². The van der Waals surface area contributed by atoms with Gasteiger partial charge in [0.1, 0.15) is 6.04 Å². The van der Waals surface area contributed by atoms with Gasteiger partial charge in [0.05, 0.1) is 6.04 Å². The summed E-state index contributed by atoms with van der Waals surface area (Å²) >= 11 is 0. The van der Waals surface area contributed by atoms with E-state index in [-0.39, 0.29) is 17.9 Å². The van der Waals surface area contributed by atoms with Crippen molar-refractivity contribution in [3.8, 4) is 11.1 Å². The highest BCUT2D eigenvalue weighted by Crippen LogP contribution is 2.53. The first-order valence-corrected chi connectivity index (χ1v) is 13.6. The van der Waals surface area contributed by atoms with Gasteiger partial charge < -0.3 is 16.0 Å². The van der Waals surface area contributed by atoms with Crippen molar-refractivity contribution in [3.63, 3.8) is 0 Å².